The van der Waals surface area contributed by atoms with Gasteiger partial charge in [-0.25, -0.2) is 9.59 Å². The summed E-state index contributed by atoms with van der Waals surface area (Å²) in [7, 11) is 0. The van der Waals surface area contributed by atoms with Gasteiger partial charge in [-0.1, -0.05) is 12.1 Å². The van der Waals surface area contributed by atoms with Gasteiger partial charge in [0.25, 0.3) is 0 Å². The summed E-state index contributed by atoms with van der Waals surface area (Å²) >= 11 is 0. The number of hydrogen-bond donors (Lipinski definition) is 0. The summed E-state index contributed by atoms with van der Waals surface area (Å²) in [5.41, 5.74) is 0.903. The van der Waals surface area contributed by atoms with Crippen molar-refractivity contribution < 1.29 is 4.42 Å². The monoisotopic (exact) mass is 205 g/mol. The normalized spacial score (nSPS) is 10.8. The van der Waals surface area contributed by atoms with Gasteiger partial charge in [0.2, 0.25) is 0 Å². The molecular formula is C11H11NO3. The molecular weight excluding hydrogens is 194 g/mol. The minimum absolute atomic E-state index is 0.485. The fourth-order valence-corrected chi connectivity index (χ4v) is 1.73. The topological polar surface area (TPSA) is 52.2 Å². The van der Waals surface area contributed by atoms with Crippen LogP contribution in [-0.4, -0.2) is 4.57 Å². The predicted octanol–water partition coefficient (Wildman–Crippen LogP) is 1.28. The summed E-state index contributed by atoms with van der Waals surface area (Å²) in [5, 5.41) is 0.485. The number of nitrogens with zero attached hydrogens (tertiary/aromatic N) is 1. The first-order valence-corrected chi connectivity index (χ1v) is 4.78. The van der Waals surface area contributed by atoms with Gasteiger partial charge in [-0.3, -0.25) is 4.57 Å². The molecule has 0 aliphatic rings. The zero-order chi connectivity index (χ0) is 11.0. The van der Waals surface area contributed by atoms with Crippen molar-refractivity contribution >= 4 is 10.9 Å². The third kappa shape index (κ3) is 1.38. The highest BCUT2D eigenvalue weighted by Crippen LogP contribution is 2.12. The average molecular weight is 205 g/mol. The highest BCUT2D eigenvalue weighted by Gasteiger charge is 2.09. The first-order chi connectivity index (χ1) is 7.15. The summed E-state index contributed by atoms with van der Waals surface area (Å²) in [6.45, 7) is 4.15. The van der Waals surface area contributed by atoms with Gasteiger partial charge < -0.3 is 4.42 Å². The van der Waals surface area contributed by atoms with Gasteiger partial charge in [0.05, 0.1) is 10.9 Å². The van der Waals surface area contributed by atoms with Crippen LogP contribution in [0, 0.1) is 6.92 Å². The molecule has 1 aromatic carbocycles. The molecule has 15 heavy (non-hydrogen) atoms. The molecule has 4 heteroatoms. The predicted molar refractivity (Wildman–Crippen MR) is 57.2 cm³/mol. The maximum atomic E-state index is 11.5. The Kier molecular flexibility index (Phi) is 2.19. The van der Waals surface area contributed by atoms with E-state index in [9.17, 15) is 9.59 Å². The van der Waals surface area contributed by atoms with E-state index < -0.39 is 11.4 Å². The van der Waals surface area contributed by atoms with Crippen molar-refractivity contribution in [3.63, 3.8) is 0 Å². The van der Waals surface area contributed by atoms with Crippen LogP contribution in [-0.2, 0) is 6.54 Å². The van der Waals surface area contributed by atoms with Crippen LogP contribution < -0.4 is 11.4 Å². The first kappa shape index (κ1) is 9.71. The largest absolute Gasteiger partial charge is 0.422 e. The van der Waals surface area contributed by atoms with E-state index in [4.69, 9.17) is 0 Å². The van der Waals surface area contributed by atoms with Crippen molar-refractivity contribution in [1.29, 1.82) is 0 Å². The Morgan fingerprint density at radius 3 is 2.73 bits per heavy atom. The number of fused-ring (bicyclic) bond motifs is 1. The summed E-state index contributed by atoms with van der Waals surface area (Å²) in [5.74, 6) is -0.597. The summed E-state index contributed by atoms with van der Waals surface area (Å²) in [6, 6.07) is 5.40. The van der Waals surface area contributed by atoms with Crippen LogP contribution in [0.1, 0.15) is 12.5 Å². The maximum absolute atomic E-state index is 11.5. The lowest BCUT2D eigenvalue weighted by Gasteiger charge is -2.06. The van der Waals surface area contributed by atoms with E-state index >= 15 is 0 Å². The minimum atomic E-state index is -0.597. The molecule has 0 amide bonds. The van der Waals surface area contributed by atoms with Crippen LogP contribution in [0.3, 0.4) is 0 Å². The number of aryl methyl sites for hydroxylation is 2. The van der Waals surface area contributed by atoms with Crippen LogP contribution in [0.25, 0.3) is 10.9 Å². The molecule has 0 fully saturated rings. The molecule has 0 saturated heterocycles. The quantitative estimate of drug-likeness (QED) is 0.704. The molecule has 1 aromatic heterocycles. The van der Waals surface area contributed by atoms with Gasteiger partial charge in [0, 0.05) is 6.54 Å². The van der Waals surface area contributed by atoms with Gasteiger partial charge in [-0.2, -0.15) is 0 Å². The fourth-order valence-electron chi connectivity index (χ4n) is 1.73. The Labute approximate surface area is 85.8 Å². The molecule has 0 bridgehead atoms. The zero-order valence-corrected chi connectivity index (χ0v) is 8.61. The van der Waals surface area contributed by atoms with E-state index in [1.807, 2.05) is 26.0 Å². The molecule has 0 aliphatic carbocycles. The Morgan fingerprint density at radius 2 is 2.07 bits per heavy atom. The minimum Gasteiger partial charge on any atom is -0.372 e. The molecule has 2 rings (SSSR count). The second-order valence-corrected chi connectivity index (χ2v) is 3.37. The number of rotatable bonds is 1. The molecule has 0 radical (unpaired) electrons. The average Bonchev–Trinajstić information content (AvgIpc) is 2.17. The molecule has 0 N–H and O–H groups in total. The Hall–Kier alpha value is -1.84. The standard InChI is InChI=1S/C11H11NO3/c1-3-12-8-6-4-5-7(2)9(8)10(13)15-11(12)14/h4-6H,3H2,1-2H3. The van der Waals surface area contributed by atoms with Crippen LogP contribution in [0.5, 0.6) is 0 Å². The van der Waals surface area contributed by atoms with E-state index in [0.29, 0.717) is 17.4 Å². The molecule has 0 aliphatic heterocycles. The molecule has 0 saturated carbocycles. The third-order valence-electron chi connectivity index (χ3n) is 2.46. The number of benzene rings is 1. The second-order valence-electron chi connectivity index (χ2n) is 3.37. The van der Waals surface area contributed by atoms with E-state index in [-0.39, 0.29) is 0 Å². The van der Waals surface area contributed by atoms with Crippen molar-refractivity contribution in [3.8, 4) is 0 Å². The van der Waals surface area contributed by atoms with E-state index in [2.05, 4.69) is 4.42 Å². The molecule has 0 spiro atoms. The lowest BCUT2D eigenvalue weighted by molar-refractivity contribution is 0.421. The van der Waals surface area contributed by atoms with Crippen LogP contribution in [0.15, 0.2) is 32.2 Å². The molecule has 0 unspecified atom stereocenters. The Morgan fingerprint density at radius 1 is 1.33 bits per heavy atom. The van der Waals surface area contributed by atoms with Crippen molar-refractivity contribution in [2.75, 3.05) is 0 Å². The van der Waals surface area contributed by atoms with Crippen molar-refractivity contribution in [3.05, 3.63) is 44.7 Å². The number of hydrogen-bond acceptors (Lipinski definition) is 3. The highest BCUT2D eigenvalue weighted by atomic mass is 16.4. The van der Waals surface area contributed by atoms with E-state index in [1.165, 1.54) is 4.57 Å². The lowest BCUT2D eigenvalue weighted by atomic mass is 10.1. The first-order valence-electron chi connectivity index (χ1n) is 4.78. The van der Waals surface area contributed by atoms with Gasteiger partial charge in [0.15, 0.2) is 0 Å². The maximum Gasteiger partial charge on any atom is 0.422 e. The SMILES string of the molecule is CCn1c(=O)oc(=O)c2c(C)cccc21. The third-order valence-corrected chi connectivity index (χ3v) is 2.46. The molecule has 78 valence electrons. The fraction of sp³-hybridized carbons (Fsp3) is 0.273. The second kappa shape index (κ2) is 3.38. The lowest BCUT2D eigenvalue weighted by Crippen LogP contribution is -2.24. The van der Waals surface area contributed by atoms with Gasteiger partial charge in [-0.05, 0) is 25.5 Å². The van der Waals surface area contributed by atoms with Crippen molar-refractivity contribution in [1.82, 2.24) is 4.57 Å². The highest BCUT2D eigenvalue weighted by molar-refractivity contribution is 5.80. The summed E-state index contributed by atoms with van der Waals surface area (Å²) in [4.78, 5) is 22.9. The zero-order valence-electron chi connectivity index (χ0n) is 8.61. The Bertz CT molecular complexity index is 622. The van der Waals surface area contributed by atoms with Gasteiger partial charge >= 0.3 is 11.4 Å². The summed E-state index contributed by atoms with van der Waals surface area (Å²) in [6.07, 6.45) is 0. The molecule has 1 heterocycles. The smallest absolute Gasteiger partial charge is 0.372 e. The molecule has 0 atom stereocenters. The molecule has 4 nitrogen and oxygen atoms in total. The van der Waals surface area contributed by atoms with Crippen LogP contribution in [0.4, 0.5) is 0 Å². The van der Waals surface area contributed by atoms with Crippen molar-refractivity contribution in [2.24, 2.45) is 0 Å². The van der Waals surface area contributed by atoms with Crippen LogP contribution >= 0.6 is 0 Å². The summed E-state index contributed by atoms with van der Waals surface area (Å²) < 4.78 is 6.09. The van der Waals surface area contributed by atoms with E-state index in [0.717, 1.165) is 5.56 Å². The van der Waals surface area contributed by atoms with Crippen molar-refractivity contribution in [2.45, 2.75) is 20.4 Å². The Balaban J connectivity index is 3.10. The van der Waals surface area contributed by atoms with Crippen LogP contribution in [0.2, 0.25) is 0 Å². The molecule has 2 aromatic rings. The van der Waals surface area contributed by atoms with Gasteiger partial charge in [0.1, 0.15) is 0 Å². The van der Waals surface area contributed by atoms with E-state index in [1.54, 1.807) is 6.07 Å². The van der Waals surface area contributed by atoms with Gasteiger partial charge in [-0.15, -0.1) is 0 Å². The number of aromatic nitrogens is 1.